The Morgan fingerprint density at radius 2 is 1.83 bits per heavy atom. The lowest BCUT2D eigenvalue weighted by Crippen LogP contribution is -2.24. The minimum Gasteiger partial charge on any atom is -0.371 e. The van der Waals surface area contributed by atoms with Crippen LogP contribution in [-0.2, 0) is 0 Å². The van der Waals surface area contributed by atoms with Gasteiger partial charge in [0.15, 0.2) is 23.3 Å². The molecule has 1 aliphatic carbocycles. The highest BCUT2D eigenvalue weighted by Gasteiger charge is 2.28. The van der Waals surface area contributed by atoms with Crippen molar-refractivity contribution < 1.29 is 8.78 Å². The molecule has 0 saturated heterocycles. The van der Waals surface area contributed by atoms with E-state index in [9.17, 15) is 8.78 Å². The van der Waals surface area contributed by atoms with Crippen molar-refractivity contribution in [3.63, 3.8) is 0 Å². The zero-order chi connectivity index (χ0) is 13.2. The van der Waals surface area contributed by atoms with E-state index in [4.69, 9.17) is 0 Å². The van der Waals surface area contributed by atoms with Gasteiger partial charge in [-0.3, -0.25) is 0 Å². The van der Waals surface area contributed by atoms with E-state index in [0.717, 1.165) is 18.9 Å². The lowest BCUT2D eigenvalue weighted by molar-refractivity contribution is 0.361. The molecule has 1 aromatic heterocycles. The van der Waals surface area contributed by atoms with Gasteiger partial charge in [-0.1, -0.05) is 19.8 Å². The van der Waals surface area contributed by atoms with Gasteiger partial charge in [-0.05, 0) is 18.3 Å². The molecular weight excluding hydrogens is 236 g/mol. The van der Waals surface area contributed by atoms with Crippen LogP contribution in [0.2, 0.25) is 0 Å². The number of rotatable bonds is 4. The molecule has 100 valence electrons. The number of halogens is 2. The molecule has 5 heteroatoms. The Balaban J connectivity index is 2.09. The predicted octanol–water partition coefficient (Wildman–Crippen LogP) is 3.39. The van der Waals surface area contributed by atoms with E-state index in [1.165, 1.54) is 12.8 Å². The van der Waals surface area contributed by atoms with Crippen LogP contribution >= 0.6 is 0 Å². The van der Waals surface area contributed by atoms with E-state index in [1.54, 1.807) is 7.05 Å². The second-order valence-corrected chi connectivity index (χ2v) is 5.27. The average molecular weight is 255 g/mol. The standard InChI is InChI=1S/C13H19F2N3/c1-13(5-3-4-6-13)8-17-12-10(15)7-9(14)11(16-2)18-12/h7H,3-6,8H2,1-2H3,(H2,16,17,18). The first-order valence-electron chi connectivity index (χ1n) is 6.32. The fourth-order valence-electron chi connectivity index (χ4n) is 2.47. The van der Waals surface area contributed by atoms with Gasteiger partial charge in [0.05, 0.1) is 0 Å². The van der Waals surface area contributed by atoms with E-state index in [-0.39, 0.29) is 17.1 Å². The van der Waals surface area contributed by atoms with Gasteiger partial charge in [0, 0.05) is 19.7 Å². The second-order valence-electron chi connectivity index (χ2n) is 5.27. The van der Waals surface area contributed by atoms with Crippen LogP contribution in [0.5, 0.6) is 0 Å². The SMILES string of the molecule is CNc1nc(NCC2(C)CCCC2)c(F)cc1F. The Morgan fingerprint density at radius 3 is 2.44 bits per heavy atom. The summed E-state index contributed by atoms with van der Waals surface area (Å²) in [5.41, 5.74) is 0.197. The predicted molar refractivity (Wildman–Crippen MR) is 68.8 cm³/mol. The Kier molecular flexibility index (Phi) is 3.68. The zero-order valence-corrected chi connectivity index (χ0v) is 10.8. The number of pyridine rings is 1. The van der Waals surface area contributed by atoms with Crippen LogP contribution in [0.3, 0.4) is 0 Å². The van der Waals surface area contributed by atoms with Crippen molar-refractivity contribution in [2.24, 2.45) is 5.41 Å². The molecule has 1 saturated carbocycles. The number of aromatic nitrogens is 1. The van der Waals surface area contributed by atoms with Gasteiger partial charge in [-0.15, -0.1) is 0 Å². The minimum atomic E-state index is -0.673. The van der Waals surface area contributed by atoms with E-state index in [2.05, 4.69) is 22.5 Å². The lowest BCUT2D eigenvalue weighted by Gasteiger charge is -2.24. The normalized spacial score (nSPS) is 17.8. The molecule has 0 radical (unpaired) electrons. The highest BCUT2D eigenvalue weighted by Crippen LogP contribution is 2.37. The minimum absolute atomic E-state index is 0.0653. The van der Waals surface area contributed by atoms with Crippen LogP contribution in [0.15, 0.2) is 6.07 Å². The van der Waals surface area contributed by atoms with Crippen LogP contribution in [0.4, 0.5) is 20.4 Å². The molecule has 1 aromatic rings. The van der Waals surface area contributed by atoms with Crippen molar-refractivity contribution in [3.8, 4) is 0 Å². The van der Waals surface area contributed by atoms with Gasteiger partial charge in [-0.2, -0.15) is 0 Å². The molecule has 0 amide bonds. The molecule has 0 unspecified atom stereocenters. The van der Waals surface area contributed by atoms with Gasteiger partial charge in [0.1, 0.15) is 0 Å². The highest BCUT2D eigenvalue weighted by molar-refractivity contribution is 5.47. The summed E-state index contributed by atoms with van der Waals surface area (Å²) >= 11 is 0. The molecule has 0 aromatic carbocycles. The van der Waals surface area contributed by atoms with Crippen LogP contribution in [0.1, 0.15) is 32.6 Å². The molecule has 18 heavy (non-hydrogen) atoms. The first-order valence-corrected chi connectivity index (χ1v) is 6.32. The fourth-order valence-corrected chi connectivity index (χ4v) is 2.47. The molecule has 1 aliphatic rings. The van der Waals surface area contributed by atoms with Crippen molar-refractivity contribution in [3.05, 3.63) is 17.7 Å². The van der Waals surface area contributed by atoms with Gasteiger partial charge < -0.3 is 10.6 Å². The topological polar surface area (TPSA) is 37.0 Å². The average Bonchev–Trinajstić information content (AvgIpc) is 2.76. The van der Waals surface area contributed by atoms with E-state index in [0.29, 0.717) is 6.54 Å². The molecule has 3 nitrogen and oxygen atoms in total. The highest BCUT2D eigenvalue weighted by atomic mass is 19.1. The molecule has 1 fully saturated rings. The van der Waals surface area contributed by atoms with Crippen molar-refractivity contribution >= 4 is 11.6 Å². The molecule has 2 N–H and O–H groups in total. The third kappa shape index (κ3) is 2.71. The molecule has 2 rings (SSSR count). The van der Waals surface area contributed by atoms with Gasteiger partial charge in [-0.25, -0.2) is 13.8 Å². The maximum absolute atomic E-state index is 13.6. The number of hydrogen-bond acceptors (Lipinski definition) is 3. The molecule has 0 spiro atoms. The quantitative estimate of drug-likeness (QED) is 0.866. The van der Waals surface area contributed by atoms with Crippen LogP contribution in [0, 0.1) is 17.0 Å². The summed E-state index contributed by atoms with van der Waals surface area (Å²) in [6.45, 7) is 2.86. The van der Waals surface area contributed by atoms with E-state index >= 15 is 0 Å². The molecule has 0 atom stereocenters. The third-order valence-electron chi connectivity index (χ3n) is 3.66. The molecule has 0 bridgehead atoms. The van der Waals surface area contributed by atoms with Gasteiger partial charge in [0.2, 0.25) is 0 Å². The smallest absolute Gasteiger partial charge is 0.168 e. The summed E-state index contributed by atoms with van der Waals surface area (Å²) in [6, 6.07) is 0.859. The van der Waals surface area contributed by atoms with Crippen molar-refractivity contribution in [2.75, 3.05) is 24.2 Å². The van der Waals surface area contributed by atoms with Crippen molar-refractivity contribution in [1.29, 1.82) is 0 Å². The summed E-state index contributed by atoms with van der Waals surface area (Å²) in [5, 5.41) is 5.61. The maximum atomic E-state index is 13.6. The number of anilines is 2. The number of nitrogens with zero attached hydrogens (tertiary/aromatic N) is 1. The molecular formula is C13H19F2N3. The van der Waals surface area contributed by atoms with Crippen LogP contribution in [-0.4, -0.2) is 18.6 Å². The zero-order valence-electron chi connectivity index (χ0n) is 10.8. The first-order chi connectivity index (χ1) is 8.54. The Morgan fingerprint density at radius 1 is 1.22 bits per heavy atom. The largest absolute Gasteiger partial charge is 0.371 e. The maximum Gasteiger partial charge on any atom is 0.168 e. The van der Waals surface area contributed by atoms with Gasteiger partial charge in [0.25, 0.3) is 0 Å². The summed E-state index contributed by atoms with van der Waals surface area (Å²) in [5.74, 6) is -1.13. The summed E-state index contributed by atoms with van der Waals surface area (Å²) in [4.78, 5) is 3.91. The Labute approximate surface area is 106 Å². The summed E-state index contributed by atoms with van der Waals surface area (Å²) in [7, 11) is 1.56. The van der Waals surface area contributed by atoms with Crippen LogP contribution < -0.4 is 10.6 Å². The number of hydrogen-bond donors (Lipinski definition) is 2. The fraction of sp³-hybridized carbons (Fsp3) is 0.615. The Hall–Kier alpha value is -1.39. The van der Waals surface area contributed by atoms with Gasteiger partial charge >= 0.3 is 0 Å². The summed E-state index contributed by atoms with van der Waals surface area (Å²) in [6.07, 6.45) is 4.72. The van der Waals surface area contributed by atoms with Crippen molar-refractivity contribution in [2.45, 2.75) is 32.6 Å². The third-order valence-corrected chi connectivity index (χ3v) is 3.66. The molecule has 1 heterocycles. The van der Waals surface area contributed by atoms with E-state index in [1.807, 2.05) is 0 Å². The van der Waals surface area contributed by atoms with E-state index < -0.39 is 11.6 Å². The summed E-state index contributed by atoms with van der Waals surface area (Å²) < 4.78 is 26.8. The second kappa shape index (κ2) is 5.08. The Bertz CT molecular complexity index is 428. The van der Waals surface area contributed by atoms with Crippen molar-refractivity contribution in [1.82, 2.24) is 4.98 Å². The molecule has 0 aliphatic heterocycles. The lowest BCUT2D eigenvalue weighted by atomic mass is 9.89. The van der Waals surface area contributed by atoms with Crippen LogP contribution in [0.25, 0.3) is 0 Å². The monoisotopic (exact) mass is 255 g/mol. The first kappa shape index (κ1) is 13.1. The number of nitrogens with one attached hydrogen (secondary N) is 2.